The Morgan fingerprint density at radius 1 is 1.15 bits per heavy atom. The molecule has 142 valence electrons. The summed E-state index contributed by atoms with van der Waals surface area (Å²) < 4.78 is 26.5. The van der Waals surface area contributed by atoms with Crippen molar-refractivity contribution in [2.45, 2.75) is 24.7 Å². The molecule has 2 aromatic rings. The summed E-state index contributed by atoms with van der Waals surface area (Å²) >= 11 is 0. The molecular weight excluding hydrogens is 366 g/mol. The highest BCUT2D eigenvalue weighted by atomic mass is 32.2. The van der Waals surface area contributed by atoms with Crippen LogP contribution in [0, 0.1) is 6.92 Å². The lowest BCUT2D eigenvalue weighted by Crippen LogP contribution is -2.24. The van der Waals surface area contributed by atoms with Gasteiger partial charge in [0.25, 0.3) is 5.91 Å². The summed E-state index contributed by atoms with van der Waals surface area (Å²) in [5, 5.41) is 2.72. The van der Waals surface area contributed by atoms with Crippen LogP contribution in [0.5, 0.6) is 0 Å². The summed E-state index contributed by atoms with van der Waals surface area (Å²) in [7, 11) is -2.28. The number of benzene rings is 2. The third kappa shape index (κ3) is 4.01. The van der Waals surface area contributed by atoms with Crippen molar-refractivity contribution >= 4 is 33.2 Å². The second-order valence-corrected chi connectivity index (χ2v) is 8.20. The van der Waals surface area contributed by atoms with E-state index < -0.39 is 10.0 Å². The number of hydrogen-bond donors (Lipinski definition) is 2. The van der Waals surface area contributed by atoms with E-state index in [0.29, 0.717) is 35.5 Å². The van der Waals surface area contributed by atoms with Crippen LogP contribution in [-0.4, -0.2) is 33.8 Å². The monoisotopic (exact) mass is 387 g/mol. The van der Waals surface area contributed by atoms with Gasteiger partial charge in [-0.2, -0.15) is 0 Å². The molecule has 0 atom stereocenters. The van der Waals surface area contributed by atoms with Crippen LogP contribution in [0.2, 0.25) is 0 Å². The van der Waals surface area contributed by atoms with Crippen LogP contribution in [0.15, 0.2) is 47.4 Å². The minimum atomic E-state index is -3.62. The van der Waals surface area contributed by atoms with E-state index in [1.165, 1.54) is 13.1 Å². The topological polar surface area (TPSA) is 95.6 Å². The number of aryl methyl sites for hydroxylation is 1. The molecule has 0 bridgehead atoms. The zero-order valence-electron chi connectivity index (χ0n) is 15.2. The van der Waals surface area contributed by atoms with Crippen LogP contribution < -0.4 is 14.9 Å². The van der Waals surface area contributed by atoms with Crippen molar-refractivity contribution in [3.8, 4) is 0 Å². The largest absolute Gasteiger partial charge is 0.322 e. The minimum Gasteiger partial charge on any atom is -0.322 e. The van der Waals surface area contributed by atoms with E-state index in [1.807, 2.05) is 0 Å². The molecule has 1 heterocycles. The summed E-state index contributed by atoms with van der Waals surface area (Å²) in [6.07, 6.45) is 1.32. The van der Waals surface area contributed by atoms with Crippen molar-refractivity contribution in [2.24, 2.45) is 0 Å². The molecule has 0 radical (unpaired) electrons. The molecule has 2 aromatic carbocycles. The zero-order chi connectivity index (χ0) is 19.6. The highest BCUT2D eigenvalue weighted by Gasteiger charge is 2.22. The highest BCUT2D eigenvalue weighted by molar-refractivity contribution is 7.89. The Morgan fingerprint density at radius 2 is 1.93 bits per heavy atom. The molecule has 8 heteroatoms. The van der Waals surface area contributed by atoms with Crippen molar-refractivity contribution in [2.75, 3.05) is 23.8 Å². The van der Waals surface area contributed by atoms with Gasteiger partial charge in [0.15, 0.2) is 0 Å². The summed E-state index contributed by atoms with van der Waals surface area (Å²) in [5.41, 5.74) is 2.04. The maximum absolute atomic E-state index is 12.6. The number of rotatable bonds is 5. The van der Waals surface area contributed by atoms with Gasteiger partial charge < -0.3 is 10.2 Å². The Bertz CT molecular complexity index is 1000. The van der Waals surface area contributed by atoms with Gasteiger partial charge in [-0.1, -0.05) is 12.1 Å². The fourth-order valence-corrected chi connectivity index (χ4v) is 4.01. The Labute approximate surface area is 158 Å². The second kappa shape index (κ2) is 7.50. The molecule has 7 nitrogen and oxygen atoms in total. The van der Waals surface area contributed by atoms with Crippen molar-refractivity contribution < 1.29 is 18.0 Å². The number of anilines is 2. The normalized spacial score (nSPS) is 14.4. The van der Waals surface area contributed by atoms with E-state index in [-0.39, 0.29) is 16.7 Å². The van der Waals surface area contributed by atoms with Crippen molar-refractivity contribution in [3.63, 3.8) is 0 Å². The first-order valence-electron chi connectivity index (χ1n) is 8.58. The average molecular weight is 387 g/mol. The number of carbonyl (C=O) groups is 2. The van der Waals surface area contributed by atoms with Gasteiger partial charge in [0.2, 0.25) is 15.9 Å². The first-order valence-corrected chi connectivity index (χ1v) is 10.1. The lowest BCUT2D eigenvalue weighted by Gasteiger charge is -2.16. The van der Waals surface area contributed by atoms with Gasteiger partial charge in [0.05, 0.1) is 4.90 Å². The van der Waals surface area contributed by atoms with Crippen LogP contribution in [0.25, 0.3) is 0 Å². The third-order valence-corrected chi connectivity index (χ3v) is 6.05. The quantitative estimate of drug-likeness (QED) is 0.823. The van der Waals surface area contributed by atoms with Crippen LogP contribution in [0.3, 0.4) is 0 Å². The van der Waals surface area contributed by atoms with E-state index in [1.54, 1.807) is 48.2 Å². The third-order valence-electron chi connectivity index (χ3n) is 4.50. The van der Waals surface area contributed by atoms with Gasteiger partial charge in [-0.05, 0) is 56.3 Å². The van der Waals surface area contributed by atoms with Crippen LogP contribution >= 0.6 is 0 Å². The first kappa shape index (κ1) is 19.1. The molecule has 1 fully saturated rings. The van der Waals surface area contributed by atoms with Crippen molar-refractivity contribution in [1.29, 1.82) is 0 Å². The molecule has 0 unspecified atom stereocenters. The minimum absolute atomic E-state index is 0.0491. The maximum atomic E-state index is 12.6. The van der Waals surface area contributed by atoms with Gasteiger partial charge in [-0.3, -0.25) is 9.59 Å². The van der Waals surface area contributed by atoms with E-state index >= 15 is 0 Å². The zero-order valence-corrected chi connectivity index (χ0v) is 16.0. The number of hydrogen-bond acceptors (Lipinski definition) is 4. The molecule has 0 saturated carbocycles. The van der Waals surface area contributed by atoms with E-state index in [2.05, 4.69) is 10.0 Å². The molecule has 27 heavy (non-hydrogen) atoms. The molecule has 0 aromatic heterocycles. The van der Waals surface area contributed by atoms with Crippen molar-refractivity contribution in [3.05, 3.63) is 53.6 Å². The molecule has 1 aliphatic heterocycles. The molecule has 0 aliphatic carbocycles. The van der Waals surface area contributed by atoms with Gasteiger partial charge in [0, 0.05) is 29.9 Å². The van der Waals surface area contributed by atoms with Gasteiger partial charge >= 0.3 is 0 Å². The van der Waals surface area contributed by atoms with Gasteiger partial charge in [-0.25, -0.2) is 13.1 Å². The van der Waals surface area contributed by atoms with Crippen molar-refractivity contribution in [1.82, 2.24) is 4.72 Å². The number of nitrogens with zero attached hydrogens (tertiary/aromatic N) is 1. The van der Waals surface area contributed by atoms with Crippen LogP contribution in [0.1, 0.15) is 28.8 Å². The fraction of sp³-hybridized carbons (Fsp3) is 0.263. The van der Waals surface area contributed by atoms with E-state index in [4.69, 9.17) is 0 Å². The molecule has 2 amide bonds. The Morgan fingerprint density at radius 3 is 2.59 bits per heavy atom. The summed E-state index contributed by atoms with van der Waals surface area (Å²) in [4.78, 5) is 26.3. The van der Waals surface area contributed by atoms with Crippen LogP contribution in [0.4, 0.5) is 11.4 Å². The van der Waals surface area contributed by atoms with E-state index in [0.717, 1.165) is 6.42 Å². The van der Waals surface area contributed by atoms with E-state index in [9.17, 15) is 18.0 Å². The first-order chi connectivity index (χ1) is 12.8. The van der Waals surface area contributed by atoms with Gasteiger partial charge in [-0.15, -0.1) is 0 Å². The fourth-order valence-electron chi connectivity index (χ4n) is 3.02. The number of amides is 2. The predicted molar refractivity (Wildman–Crippen MR) is 103 cm³/mol. The lowest BCUT2D eigenvalue weighted by atomic mass is 10.1. The standard InChI is InChI=1S/C19H21N3O4S/c1-13-8-9-15(12-17(13)27(25,26)20-2)21-19(24)14-5-3-6-16(11-14)22-10-4-7-18(22)23/h3,5-6,8-9,11-12,20H,4,7,10H2,1-2H3,(H,21,24). The molecular formula is C19H21N3O4S. The average Bonchev–Trinajstić information content (AvgIpc) is 3.09. The molecule has 2 N–H and O–H groups in total. The summed E-state index contributed by atoms with van der Waals surface area (Å²) in [6.45, 7) is 2.33. The SMILES string of the molecule is CNS(=O)(=O)c1cc(NC(=O)c2cccc(N3CCCC3=O)c2)ccc1C. The smallest absolute Gasteiger partial charge is 0.255 e. The summed E-state index contributed by atoms with van der Waals surface area (Å²) in [5.74, 6) is -0.326. The predicted octanol–water partition coefficient (Wildman–Crippen LogP) is 2.28. The summed E-state index contributed by atoms with van der Waals surface area (Å²) in [6, 6.07) is 11.5. The number of sulfonamides is 1. The lowest BCUT2D eigenvalue weighted by molar-refractivity contribution is -0.117. The Kier molecular flexibility index (Phi) is 5.29. The number of nitrogens with one attached hydrogen (secondary N) is 2. The second-order valence-electron chi connectivity index (χ2n) is 6.34. The Balaban J connectivity index is 1.84. The highest BCUT2D eigenvalue weighted by Crippen LogP contribution is 2.24. The molecule has 3 rings (SSSR count). The maximum Gasteiger partial charge on any atom is 0.255 e. The molecule has 1 aliphatic rings. The van der Waals surface area contributed by atoms with Gasteiger partial charge in [0.1, 0.15) is 0 Å². The number of carbonyl (C=O) groups excluding carboxylic acids is 2. The van der Waals surface area contributed by atoms with Crippen LogP contribution in [-0.2, 0) is 14.8 Å². The Hall–Kier alpha value is -2.71. The molecule has 0 spiro atoms. The molecule has 1 saturated heterocycles.